The summed E-state index contributed by atoms with van der Waals surface area (Å²) in [4.78, 5) is 13.4. The molecule has 1 aromatic carbocycles. The third-order valence-corrected chi connectivity index (χ3v) is 4.86. The van der Waals surface area contributed by atoms with Crippen LogP contribution in [0.25, 0.3) is 0 Å². The minimum atomic E-state index is 0.0199. The van der Waals surface area contributed by atoms with Crippen LogP contribution in [0.3, 0.4) is 0 Å². The quantitative estimate of drug-likeness (QED) is 0.703. The lowest BCUT2D eigenvalue weighted by molar-refractivity contribution is -0.116. The smallest absolute Gasteiger partial charge is 0.225 e. The van der Waals surface area contributed by atoms with E-state index in [4.69, 9.17) is 0 Å². The van der Waals surface area contributed by atoms with E-state index in [-0.39, 0.29) is 5.91 Å². The van der Waals surface area contributed by atoms with Gasteiger partial charge in [-0.2, -0.15) is 5.10 Å². The van der Waals surface area contributed by atoms with Crippen molar-refractivity contribution in [1.29, 1.82) is 0 Å². The molecule has 0 aliphatic carbocycles. The predicted molar refractivity (Wildman–Crippen MR) is 98.4 cm³/mol. The molecule has 0 saturated heterocycles. The highest BCUT2D eigenvalue weighted by atomic mass is 32.1. The standard InChI is InChI=1S/C19H21N3OS/c1-2-15-5-7-16(8-6-15)14-22-18(11-12-20-22)21-19(23)10-9-17-4-3-13-24-17/h3-8,11-13H,2,9-10,14H2,1H3,(H,21,23). The van der Waals surface area contributed by atoms with Gasteiger partial charge in [-0.15, -0.1) is 11.3 Å². The van der Waals surface area contributed by atoms with Gasteiger partial charge in [0.05, 0.1) is 12.7 Å². The zero-order chi connectivity index (χ0) is 16.8. The maximum Gasteiger partial charge on any atom is 0.225 e. The van der Waals surface area contributed by atoms with Crippen LogP contribution >= 0.6 is 11.3 Å². The molecule has 24 heavy (non-hydrogen) atoms. The number of thiophene rings is 1. The van der Waals surface area contributed by atoms with Crippen LogP contribution in [-0.2, 0) is 24.2 Å². The zero-order valence-corrected chi connectivity index (χ0v) is 14.6. The Balaban J connectivity index is 1.58. The average Bonchev–Trinajstić information content (AvgIpc) is 3.26. The Kier molecular flexibility index (Phi) is 5.43. The topological polar surface area (TPSA) is 46.9 Å². The Bertz CT molecular complexity index is 775. The minimum Gasteiger partial charge on any atom is -0.311 e. The van der Waals surface area contributed by atoms with E-state index < -0.39 is 0 Å². The van der Waals surface area contributed by atoms with Crippen LogP contribution < -0.4 is 5.32 Å². The number of aryl methyl sites for hydroxylation is 2. The maximum atomic E-state index is 12.1. The summed E-state index contributed by atoms with van der Waals surface area (Å²) in [7, 11) is 0. The van der Waals surface area contributed by atoms with Crippen LogP contribution in [0.5, 0.6) is 0 Å². The highest BCUT2D eigenvalue weighted by molar-refractivity contribution is 7.09. The van der Waals surface area contributed by atoms with E-state index in [1.165, 1.54) is 16.0 Å². The van der Waals surface area contributed by atoms with Crippen molar-refractivity contribution in [3.8, 4) is 0 Å². The number of nitrogens with one attached hydrogen (secondary N) is 1. The molecule has 3 aromatic rings. The summed E-state index contributed by atoms with van der Waals surface area (Å²) in [5, 5.41) is 9.32. The lowest BCUT2D eigenvalue weighted by Gasteiger charge is -2.09. The molecule has 1 amide bonds. The highest BCUT2D eigenvalue weighted by Gasteiger charge is 2.08. The van der Waals surface area contributed by atoms with Gasteiger partial charge in [0.2, 0.25) is 5.91 Å². The number of hydrogen-bond donors (Lipinski definition) is 1. The first-order chi connectivity index (χ1) is 11.7. The Morgan fingerprint density at radius 2 is 1.96 bits per heavy atom. The van der Waals surface area contributed by atoms with Crippen molar-refractivity contribution < 1.29 is 4.79 Å². The first kappa shape index (κ1) is 16.5. The average molecular weight is 339 g/mol. The number of benzene rings is 1. The Hall–Kier alpha value is -2.40. The molecule has 3 rings (SSSR count). The number of hydrogen-bond acceptors (Lipinski definition) is 3. The highest BCUT2D eigenvalue weighted by Crippen LogP contribution is 2.14. The van der Waals surface area contributed by atoms with Gasteiger partial charge in [-0.1, -0.05) is 37.3 Å². The fourth-order valence-corrected chi connectivity index (χ4v) is 3.22. The van der Waals surface area contributed by atoms with Crippen molar-refractivity contribution in [1.82, 2.24) is 9.78 Å². The first-order valence-corrected chi connectivity index (χ1v) is 9.04. The van der Waals surface area contributed by atoms with Crippen LogP contribution in [0.4, 0.5) is 5.82 Å². The molecular formula is C19H21N3OS. The number of nitrogens with zero attached hydrogens (tertiary/aromatic N) is 2. The van der Waals surface area contributed by atoms with Gasteiger partial charge in [0.15, 0.2) is 0 Å². The number of carbonyl (C=O) groups is 1. The van der Waals surface area contributed by atoms with Crippen molar-refractivity contribution in [3.05, 3.63) is 70.0 Å². The van der Waals surface area contributed by atoms with Crippen LogP contribution in [0.2, 0.25) is 0 Å². The molecule has 0 saturated carbocycles. The van der Waals surface area contributed by atoms with Crippen molar-refractivity contribution in [2.45, 2.75) is 32.7 Å². The largest absolute Gasteiger partial charge is 0.311 e. The number of amides is 1. The van der Waals surface area contributed by atoms with Gasteiger partial charge >= 0.3 is 0 Å². The second-order valence-corrected chi connectivity index (χ2v) is 6.70. The molecule has 0 fully saturated rings. The van der Waals surface area contributed by atoms with E-state index in [9.17, 15) is 4.79 Å². The van der Waals surface area contributed by atoms with Crippen LogP contribution in [0.1, 0.15) is 29.3 Å². The second kappa shape index (κ2) is 7.93. The molecule has 0 aliphatic heterocycles. The molecule has 0 aliphatic rings. The third-order valence-electron chi connectivity index (χ3n) is 3.93. The van der Waals surface area contributed by atoms with Crippen LogP contribution in [0, 0.1) is 0 Å². The van der Waals surface area contributed by atoms with Crippen molar-refractivity contribution in [3.63, 3.8) is 0 Å². The summed E-state index contributed by atoms with van der Waals surface area (Å²) < 4.78 is 1.82. The molecule has 0 radical (unpaired) electrons. The Morgan fingerprint density at radius 3 is 2.67 bits per heavy atom. The molecule has 2 aromatic heterocycles. The Labute approximate surface area is 146 Å². The molecule has 2 heterocycles. The van der Waals surface area contributed by atoms with Gasteiger partial charge < -0.3 is 5.32 Å². The van der Waals surface area contributed by atoms with Gasteiger partial charge in [0.1, 0.15) is 5.82 Å². The van der Waals surface area contributed by atoms with E-state index in [1.54, 1.807) is 17.5 Å². The third kappa shape index (κ3) is 4.32. The molecule has 1 N–H and O–H groups in total. The summed E-state index contributed by atoms with van der Waals surface area (Å²) in [6, 6.07) is 14.4. The summed E-state index contributed by atoms with van der Waals surface area (Å²) in [6.45, 7) is 2.80. The molecule has 0 spiro atoms. The van der Waals surface area contributed by atoms with Crippen molar-refractivity contribution in [2.24, 2.45) is 0 Å². The predicted octanol–water partition coefficient (Wildman–Crippen LogP) is 4.13. The molecule has 0 unspecified atom stereocenters. The summed E-state index contributed by atoms with van der Waals surface area (Å²) >= 11 is 1.68. The van der Waals surface area contributed by atoms with Crippen LogP contribution in [0.15, 0.2) is 54.0 Å². The van der Waals surface area contributed by atoms with Gasteiger partial charge in [-0.25, -0.2) is 4.68 Å². The number of anilines is 1. The van der Waals surface area contributed by atoms with Gasteiger partial charge in [0.25, 0.3) is 0 Å². The van der Waals surface area contributed by atoms with Crippen molar-refractivity contribution >= 4 is 23.1 Å². The zero-order valence-electron chi connectivity index (χ0n) is 13.7. The molecule has 0 atom stereocenters. The fourth-order valence-electron chi connectivity index (χ4n) is 2.52. The van der Waals surface area contributed by atoms with Crippen molar-refractivity contribution in [2.75, 3.05) is 5.32 Å². The molecule has 4 nitrogen and oxygen atoms in total. The fraction of sp³-hybridized carbons (Fsp3) is 0.263. The molecule has 0 bridgehead atoms. The van der Waals surface area contributed by atoms with E-state index in [1.807, 2.05) is 22.2 Å². The van der Waals surface area contributed by atoms with E-state index in [0.29, 0.717) is 13.0 Å². The number of carbonyl (C=O) groups excluding carboxylic acids is 1. The SMILES string of the molecule is CCc1ccc(Cn2nccc2NC(=O)CCc2cccs2)cc1. The summed E-state index contributed by atoms with van der Waals surface area (Å²) in [5.41, 5.74) is 2.49. The second-order valence-electron chi connectivity index (χ2n) is 5.67. The Morgan fingerprint density at radius 1 is 1.17 bits per heavy atom. The normalized spacial score (nSPS) is 10.7. The first-order valence-electron chi connectivity index (χ1n) is 8.16. The van der Waals surface area contributed by atoms with Gasteiger partial charge in [-0.3, -0.25) is 4.79 Å². The number of rotatable bonds is 7. The lowest BCUT2D eigenvalue weighted by atomic mass is 10.1. The summed E-state index contributed by atoms with van der Waals surface area (Å²) in [6.07, 6.45) is 4.01. The molecule has 5 heteroatoms. The summed E-state index contributed by atoms with van der Waals surface area (Å²) in [5.74, 6) is 0.761. The van der Waals surface area contributed by atoms with Gasteiger partial charge in [0, 0.05) is 17.4 Å². The minimum absolute atomic E-state index is 0.0199. The molecule has 124 valence electrons. The monoisotopic (exact) mass is 339 g/mol. The van der Waals surface area contributed by atoms with Crippen LogP contribution in [-0.4, -0.2) is 15.7 Å². The van der Waals surface area contributed by atoms with E-state index >= 15 is 0 Å². The number of aromatic nitrogens is 2. The van der Waals surface area contributed by atoms with E-state index in [2.05, 4.69) is 47.7 Å². The van der Waals surface area contributed by atoms with Gasteiger partial charge in [-0.05, 0) is 35.4 Å². The lowest BCUT2D eigenvalue weighted by Crippen LogP contribution is -2.16. The maximum absolute atomic E-state index is 12.1. The molecular weight excluding hydrogens is 318 g/mol. The van der Waals surface area contributed by atoms with E-state index in [0.717, 1.165) is 18.7 Å².